The van der Waals surface area contributed by atoms with E-state index in [2.05, 4.69) is 5.32 Å². The first-order valence-corrected chi connectivity index (χ1v) is 14.5. The van der Waals surface area contributed by atoms with E-state index in [1.54, 1.807) is 32.9 Å². The molecule has 0 unspecified atom stereocenters. The molecule has 0 spiro atoms. The normalized spacial score (nSPS) is 13.7. The second kappa shape index (κ2) is 12.4. The zero-order chi connectivity index (χ0) is 27.1. The number of unbranched alkanes of at least 4 members (excludes halogenated alkanes) is 1. The summed E-state index contributed by atoms with van der Waals surface area (Å²) in [6, 6.07) is 15.9. The van der Waals surface area contributed by atoms with Gasteiger partial charge in [0.15, 0.2) is 9.84 Å². The summed E-state index contributed by atoms with van der Waals surface area (Å²) in [5.41, 5.74) is 0.162. The summed E-state index contributed by atoms with van der Waals surface area (Å²) in [6.07, 6.45) is 3.60. The maximum Gasteiger partial charge on any atom is 0.329 e. The summed E-state index contributed by atoms with van der Waals surface area (Å²) in [5, 5.41) is 4.79. The molecule has 0 fully saturated rings. The van der Waals surface area contributed by atoms with Gasteiger partial charge in [-0.15, -0.1) is 0 Å². The van der Waals surface area contributed by atoms with Crippen LogP contribution in [0.15, 0.2) is 65.3 Å². The molecule has 2 atom stereocenters. The quantitative estimate of drug-likeness (QED) is 0.324. The lowest BCUT2D eigenvalue weighted by Gasteiger charge is -2.26. The molecule has 0 saturated carbocycles. The highest BCUT2D eigenvalue weighted by Crippen LogP contribution is 2.23. The Labute approximate surface area is 219 Å². The smallest absolute Gasteiger partial charge is 0.329 e. The fourth-order valence-corrected chi connectivity index (χ4v) is 5.86. The highest BCUT2D eigenvalue weighted by atomic mass is 32.2. The van der Waals surface area contributed by atoms with Crippen LogP contribution in [0.2, 0.25) is 0 Å². The molecule has 1 N–H and O–H groups in total. The second-order valence-electron chi connectivity index (χ2n) is 10.4. The maximum atomic E-state index is 13.6. The number of sulfone groups is 1. The monoisotopic (exact) mass is 527 g/mol. The predicted molar refractivity (Wildman–Crippen MR) is 145 cm³/mol. The van der Waals surface area contributed by atoms with Gasteiger partial charge in [0.2, 0.25) is 5.91 Å². The fraction of sp³-hybridized carbons (Fsp3) is 0.448. The van der Waals surface area contributed by atoms with Crippen LogP contribution in [-0.2, 0) is 36.3 Å². The van der Waals surface area contributed by atoms with E-state index < -0.39 is 39.3 Å². The van der Waals surface area contributed by atoms with Gasteiger partial charge in [0, 0.05) is 0 Å². The maximum absolute atomic E-state index is 13.6. The Morgan fingerprint density at radius 1 is 1.03 bits per heavy atom. The highest BCUT2D eigenvalue weighted by Gasteiger charge is 2.32. The van der Waals surface area contributed by atoms with Crippen molar-refractivity contribution in [3.05, 3.63) is 72.2 Å². The summed E-state index contributed by atoms with van der Waals surface area (Å²) in [6.45, 7) is 7.31. The Bertz CT molecular complexity index is 1290. The molecule has 3 aromatic rings. The molecule has 0 aliphatic carbocycles. The number of esters is 1. The lowest BCUT2D eigenvalue weighted by molar-refractivity contribution is -0.159. The molecule has 2 aromatic carbocycles. The zero-order valence-electron chi connectivity index (χ0n) is 22.0. The van der Waals surface area contributed by atoms with Gasteiger partial charge in [-0.05, 0) is 62.1 Å². The molecule has 0 aliphatic rings. The van der Waals surface area contributed by atoms with Crippen LogP contribution < -0.4 is 5.32 Å². The third kappa shape index (κ3) is 8.74. The van der Waals surface area contributed by atoms with Crippen molar-refractivity contribution in [2.75, 3.05) is 5.75 Å². The average molecular weight is 528 g/mol. The van der Waals surface area contributed by atoms with Crippen molar-refractivity contribution >= 4 is 32.5 Å². The van der Waals surface area contributed by atoms with Gasteiger partial charge in [-0.2, -0.15) is 0 Å². The Kier molecular flexibility index (Phi) is 9.54. The number of carbonyl (C=O) groups is 2. The topological polar surface area (TPSA) is 103 Å². The Morgan fingerprint density at radius 3 is 2.43 bits per heavy atom. The zero-order valence-corrected chi connectivity index (χ0v) is 22.8. The minimum atomic E-state index is -3.69. The van der Waals surface area contributed by atoms with Crippen molar-refractivity contribution in [1.82, 2.24) is 5.32 Å². The third-order valence-corrected chi connectivity index (χ3v) is 7.60. The van der Waals surface area contributed by atoms with E-state index in [1.807, 2.05) is 49.4 Å². The lowest BCUT2D eigenvalue weighted by Crippen LogP contribution is -2.47. The summed E-state index contributed by atoms with van der Waals surface area (Å²) in [4.78, 5) is 26.5. The van der Waals surface area contributed by atoms with Gasteiger partial charge >= 0.3 is 5.97 Å². The standard InChI is InChI=1S/C29H37NO6S/c1-5-6-16-26(28(32)36-29(2,3)4)30-27(31)23(19-37(33,34)20-24-14-10-17-35-24)18-22-13-9-12-21-11-7-8-15-25(21)22/h7-15,17,23,26H,5-6,16,18-20H2,1-4H3,(H,30,31)/t23-,26+/m1/s1. The molecule has 0 saturated heterocycles. The van der Waals surface area contributed by atoms with Gasteiger partial charge in [-0.25, -0.2) is 13.2 Å². The van der Waals surface area contributed by atoms with Crippen LogP contribution in [0.4, 0.5) is 0 Å². The second-order valence-corrected chi connectivity index (χ2v) is 12.5. The molecule has 1 amide bonds. The van der Waals surface area contributed by atoms with Crippen molar-refractivity contribution < 1.29 is 27.2 Å². The number of hydrogen-bond donors (Lipinski definition) is 1. The van der Waals surface area contributed by atoms with Crippen molar-refractivity contribution in [1.29, 1.82) is 0 Å². The van der Waals surface area contributed by atoms with Gasteiger partial charge in [-0.3, -0.25) is 4.79 Å². The minimum absolute atomic E-state index is 0.208. The molecule has 0 radical (unpaired) electrons. The summed E-state index contributed by atoms with van der Waals surface area (Å²) >= 11 is 0. The number of hydrogen-bond acceptors (Lipinski definition) is 6. The third-order valence-electron chi connectivity index (χ3n) is 5.97. The number of nitrogens with one attached hydrogen (secondary N) is 1. The van der Waals surface area contributed by atoms with Gasteiger partial charge in [-0.1, -0.05) is 62.2 Å². The fourth-order valence-electron chi connectivity index (χ4n) is 4.26. The summed E-state index contributed by atoms with van der Waals surface area (Å²) in [7, 11) is -3.69. The predicted octanol–water partition coefficient (Wildman–Crippen LogP) is 5.22. The van der Waals surface area contributed by atoms with Crippen molar-refractivity contribution in [3.8, 4) is 0 Å². The number of benzene rings is 2. The molecule has 8 heteroatoms. The van der Waals surface area contributed by atoms with E-state index in [9.17, 15) is 18.0 Å². The van der Waals surface area contributed by atoms with Gasteiger partial charge in [0.25, 0.3) is 0 Å². The van der Waals surface area contributed by atoms with E-state index in [-0.39, 0.29) is 17.9 Å². The molecular weight excluding hydrogens is 490 g/mol. The van der Waals surface area contributed by atoms with E-state index in [1.165, 1.54) is 6.26 Å². The van der Waals surface area contributed by atoms with E-state index in [4.69, 9.17) is 9.15 Å². The van der Waals surface area contributed by atoms with Gasteiger partial charge < -0.3 is 14.5 Å². The highest BCUT2D eigenvalue weighted by molar-refractivity contribution is 7.90. The molecule has 200 valence electrons. The first kappa shape index (κ1) is 28.4. The number of furan rings is 1. The first-order chi connectivity index (χ1) is 17.5. The molecule has 0 aliphatic heterocycles. The van der Waals surface area contributed by atoms with E-state index >= 15 is 0 Å². The van der Waals surface area contributed by atoms with Crippen LogP contribution >= 0.6 is 0 Å². The first-order valence-electron chi connectivity index (χ1n) is 12.7. The van der Waals surface area contributed by atoms with Crippen LogP contribution in [0.1, 0.15) is 58.3 Å². The lowest BCUT2D eigenvalue weighted by atomic mass is 9.95. The summed E-state index contributed by atoms with van der Waals surface area (Å²) < 4.78 is 37.0. The van der Waals surface area contributed by atoms with Crippen molar-refractivity contribution in [3.63, 3.8) is 0 Å². The van der Waals surface area contributed by atoms with Crippen molar-refractivity contribution in [2.24, 2.45) is 5.92 Å². The molecule has 1 aromatic heterocycles. The SMILES string of the molecule is CCCC[C@H](NC(=O)[C@H](Cc1cccc2ccccc12)CS(=O)(=O)Cc1ccco1)C(=O)OC(C)(C)C. The van der Waals surface area contributed by atoms with Crippen LogP contribution in [0.5, 0.6) is 0 Å². The van der Waals surface area contributed by atoms with Gasteiger partial charge in [0.05, 0.1) is 17.9 Å². The van der Waals surface area contributed by atoms with Crippen molar-refractivity contribution in [2.45, 2.75) is 70.8 Å². The van der Waals surface area contributed by atoms with Crippen LogP contribution in [0, 0.1) is 5.92 Å². The number of amides is 1. The van der Waals surface area contributed by atoms with Crippen LogP contribution in [-0.4, -0.2) is 37.7 Å². The van der Waals surface area contributed by atoms with E-state index in [0.717, 1.165) is 29.2 Å². The van der Waals surface area contributed by atoms with Crippen LogP contribution in [0.3, 0.4) is 0 Å². The molecule has 7 nitrogen and oxygen atoms in total. The molecule has 1 heterocycles. The number of carbonyl (C=O) groups excluding carboxylic acids is 2. The number of fused-ring (bicyclic) bond motifs is 1. The minimum Gasteiger partial charge on any atom is -0.468 e. The molecule has 0 bridgehead atoms. The molecular formula is C29H37NO6S. The van der Waals surface area contributed by atoms with Gasteiger partial charge in [0.1, 0.15) is 23.2 Å². The van der Waals surface area contributed by atoms with Crippen LogP contribution in [0.25, 0.3) is 10.8 Å². The van der Waals surface area contributed by atoms with E-state index in [0.29, 0.717) is 12.2 Å². The molecule has 3 rings (SSSR count). The summed E-state index contributed by atoms with van der Waals surface area (Å²) in [5.74, 6) is -2.27. The Morgan fingerprint density at radius 2 is 1.76 bits per heavy atom. The average Bonchev–Trinajstić information content (AvgIpc) is 3.32. The Balaban J connectivity index is 1.89. The molecule has 37 heavy (non-hydrogen) atoms. The number of rotatable bonds is 12. The Hall–Kier alpha value is -3.13. The largest absolute Gasteiger partial charge is 0.468 e. The number of ether oxygens (including phenoxy) is 1.